The number of amides is 1. The van der Waals surface area contributed by atoms with Crippen LogP contribution in [-0.2, 0) is 10.4 Å². The molecule has 1 saturated heterocycles. The van der Waals surface area contributed by atoms with Gasteiger partial charge in [-0.1, -0.05) is 11.2 Å². The average molecular weight is 443 g/mol. The molecule has 2 N–H and O–H groups in total. The fraction of sp³-hybridized carbons (Fsp3) is 0.217. The molecule has 0 aromatic carbocycles. The Labute approximate surface area is 189 Å². The number of nitrogens with zero attached hydrogens (tertiary/aromatic N) is 6. The lowest BCUT2D eigenvalue weighted by Gasteiger charge is -2.16. The maximum atomic E-state index is 12.3. The average Bonchev–Trinajstić information content (AvgIpc) is 3.43. The lowest BCUT2D eigenvalue weighted by atomic mass is 9.98. The van der Waals surface area contributed by atoms with Gasteiger partial charge in [0.25, 0.3) is 5.91 Å². The Balaban J connectivity index is 1.42. The van der Waals surface area contributed by atoms with E-state index in [-0.39, 0.29) is 12.2 Å². The Morgan fingerprint density at radius 1 is 1.09 bits per heavy atom. The van der Waals surface area contributed by atoms with Gasteiger partial charge in [-0.2, -0.15) is 0 Å². The fourth-order valence-electron chi connectivity index (χ4n) is 3.69. The molecule has 0 saturated carbocycles. The Hall–Kier alpha value is -4.18. The van der Waals surface area contributed by atoms with Crippen molar-refractivity contribution in [2.75, 3.05) is 18.9 Å². The molecule has 10 heteroatoms. The van der Waals surface area contributed by atoms with Gasteiger partial charge in [0.2, 0.25) is 11.5 Å². The van der Waals surface area contributed by atoms with Crippen molar-refractivity contribution in [3.8, 4) is 22.8 Å². The first-order valence-corrected chi connectivity index (χ1v) is 10.4. The Morgan fingerprint density at radius 3 is 2.64 bits per heavy atom. The van der Waals surface area contributed by atoms with E-state index in [0.717, 1.165) is 11.3 Å². The van der Waals surface area contributed by atoms with Crippen molar-refractivity contribution in [1.82, 2.24) is 30.0 Å². The molecular formula is C23H21N7O3. The molecule has 1 atom stereocenters. The zero-order valence-corrected chi connectivity index (χ0v) is 18.1. The predicted molar refractivity (Wildman–Crippen MR) is 119 cm³/mol. The third-order valence-corrected chi connectivity index (χ3v) is 5.62. The van der Waals surface area contributed by atoms with Crippen molar-refractivity contribution in [2.45, 2.75) is 18.9 Å². The summed E-state index contributed by atoms with van der Waals surface area (Å²) < 4.78 is 5.34. The Morgan fingerprint density at radius 2 is 1.88 bits per heavy atom. The number of aromatic nitrogens is 5. The molecule has 0 spiro atoms. The van der Waals surface area contributed by atoms with Crippen LogP contribution in [0.25, 0.3) is 22.8 Å². The van der Waals surface area contributed by atoms with E-state index in [1.165, 1.54) is 4.90 Å². The van der Waals surface area contributed by atoms with Crippen LogP contribution in [0.1, 0.15) is 17.7 Å². The summed E-state index contributed by atoms with van der Waals surface area (Å²) >= 11 is 0. The highest BCUT2D eigenvalue weighted by Gasteiger charge is 2.48. The van der Waals surface area contributed by atoms with Crippen LogP contribution in [0.5, 0.6) is 0 Å². The van der Waals surface area contributed by atoms with Gasteiger partial charge in [-0.3, -0.25) is 9.78 Å². The molecule has 1 aliphatic rings. The number of carbonyl (C=O) groups excluding carboxylic acids is 1. The van der Waals surface area contributed by atoms with Crippen LogP contribution >= 0.6 is 0 Å². The van der Waals surface area contributed by atoms with Crippen LogP contribution in [0.4, 0.5) is 11.6 Å². The van der Waals surface area contributed by atoms with Crippen LogP contribution in [-0.4, -0.2) is 54.6 Å². The number of aryl methyl sites for hydroxylation is 1. The van der Waals surface area contributed by atoms with E-state index in [0.29, 0.717) is 35.3 Å². The Kier molecular flexibility index (Phi) is 5.06. The molecular weight excluding hydrogens is 422 g/mol. The number of carbonyl (C=O) groups is 1. The van der Waals surface area contributed by atoms with Crippen molar-refractivity contribution in [3.63, 3.8) is 0 Å². The standard InChI is InChI=1S/C23H21N7O3/c1-14-13-24-9-6-15(14)27-22-25-10-7-18(28-22)16-4-3-5-17(26-16)19-12-20(33-29-19)23(32)8-11-30(2)21(23)31/h3-7,9-10,12-13,32H,8,11H2,1-2H3,(H,24,25,27,28). The van der Waals surface area contributed by atoms with Crippen molar-refractivity contribution in [2.24, 2.45) is 0 Å². The lowest BCUT2D eigenvalue weighted by Crippen LogP contribution is -2.35. The second kappa shape index (κ2) is 8.06. The van der Waals surface area contributed by atoms with E-state index >= 15 is 0 Å². The smallest absolute Gasteiger partial charge is 0.262 e. The van der Waals surface area contributed by atoms with Gasteiger partial charge in [-0.05, 0) is 36.8 Å². The van der Waals surface area contributed by atoms with E-state index in [1.54, 1.807) is 43.8 Å². The van der Waals surface area contributed by atoms with Crippen LogP contribution in [0.15, 0.2) is 59.5 Å². The molecule has 4 aromatic heterocycles. The van der Waals surface area contributed by atoms with Gasteiger partial charge < -0.3 is 19.8 Å². The monoisotopic (exact) mass is 443 g/mol. The first-order valence-electron chi connectivity index (χ1n) is 10.4. The summed E-state index contributed by atoms with van der Waals surface area (Å²) in [5.41, 5.74) is 2.33. The molecule has 5 rings (SSSR count). The van der Waals surface area contributed by atoms with Crippen molar-refractivity contribution in [1.29, 1.82) is 0 Å². The largest absolute Gasteiger partial charge is 0.373 e. The molecule has 166 valence electrons. The highest BCUT2D eigenvalue weighted by Crippen LogP contribution is 2.34. The maximum Gasteiger partial charge on any atom is 0.262 e. The summed E-state index contributed by atoms with van der Waals surface area (Å²) in [6.07, 6.45) is 5.36. The first-order chi connectivity index (χ1) is 15.9. The van der Waals surface area contributed by atoms with Crippen molar-refractivity contribution < 1.29 is 14.4 Å². The number of likely N-dealkylation sites (N-methyl/N-ethyl adjacent to an activating group) is 1. The quantitative estimate of drug-likeness (QED) is 0.478. The second-order valence-electron chi connectivity index (χ2n) is 7.90. The fourth-order valence-corrected chi connectivity index (χ4v) is 3.69. The molecule has 1 aliphatic heterocycles. The molecule has 10 nitrogen and oxygen atoms in total. The maximum absolute atomic E-state index is 12.3. The minimum Gasteiger partial charge on any atom is -0.373 e. The number of aliphatic hydroxyl groups is 1. The van der Waals surface area contributed by atoms with Gasteiger partial charge in [-0.15, -0.1) is 0 Å². The highest BCUT2D eigenvalue weighted by atomic mass is 16.5. The van der Waals surface area contributed by atoms with Crippen LogP contribution in [0.2, 0.25) is 0 Å². The highest BCUT2D eigenvalue weighted by molar-refractivity contribution is 5.87. The van der Waals surface area contributed by atoms with Crippen molar-refractivity contribution in [3.05, 3.63) is 66.3 Å². The van der Waals surface area contributed by atoms with Gasteiger partial charge in [0.05, 0.1) is 17.1 Å². The first kappa shape index (κ1) is 20.7. The van der Waals surface area contributed by atoms with Gasteiger partial charge in [0.1, 0.15) is 5.69 Å². The van der Waals surface area contributed by atoms with E-state index in [9.17, 15) is 9.90 Å². The second-order valence-corrected chi connectivity index (χ2v) is 7.90. The van der Waals surface area contributed by atoms with E-state index in [2.05, 4.69) is 30.4 Å². The summed E-state index contributed by atoms with van der Waals surface area (Å²) in [5.74, 6) is 0.140. The van der Waals surface area contributed by atoms with Crippen LogP contribution in [0.3, 0.4) is 0 Å². The number of hydrogen-bond donors (Lipinski definition) is 2. The zero-order chi connectivity index (χ0) is 23.0. The topological polar surface area (TPSA) is 130 Å². The molecule has 0 radical (unpaired) electrons. The van der Waals surface area contributed by atoms with Gasteiger partial charge in [0, 0.05) is 50.4 Å². The lowest BCUT2D eigenvalue weighted by molar-refractivity contribution is -0.144. The third-order valence-electron chi connectivity index (χ3n) is 5.62. The number of pyridine rings is 2. The molecule has 4 aromatic rings. The van der Waals surface area contributed by atoms with E-state index in [4.69, 9.17) is 4.52 Å². The normalized spacial score (nSPS) is 18.0. The summed E-state index contributed by atoms with van der Waals surface area (Å²) in [6, 6.07) is 10.6. The molecule has 0 bridgehead atoms. The summed E-state index contributed by atoms with van der Waals surface area (Å²) in [5, 5.41) is 18.0. The predicted octanol–water partition coefficient (Wildman–Crippen LogP) is 2.69. The zero-order valence-electron chi connectivity index (χ0n) is 18.1. The molecule has 1 amide bonds. The summed E-state index contributed by atoms with van der Waals surface area (Å²) in [7, 11) is 1.64. The van der Waals surface area contributed by atoms with Crippen LogP contribution < -0.4 is 5.32 Å². The third kappa shape index (κ3) is 3.80. The molecule has 1 fully saturated rings. The van der Waals surface area contributed by atoms with E-state index in [1.807, 2.05) is 25.1 Å². The number of likely N-dealkylation sites (tertiary alicyclic amines) is 1. The number of hydrogen-bond acceptors (Lipinski definition) is 9. The minimum atomic E-state index is -1.70. The van der Waals surface area contributed by atoms with Gasteiger partial charge >= 0.3 is 0 Å². The minimum absolute atomic E-state index is 0.111. The van der Waals surface area contributed by atoms with Gasteiger partial charge in [0.15, 0.2) is 5.76 Å². The molecule has 0 aliphatic carbocycles. The van der Waals surface area contributed by atoms with E-state index < -0.39 is 11.5 Å². The molecule has 1 unspecified atom stereocenters. The SMILES string of the molecule is Cc1cnccc1Nc1nccc(-c2cccc(-c3cc(C4(O)CCN(C)C4=O)on3)n2)n1. The number of rotatable bonds is 5. The number of nitrogens with one attached hydrogen (secondary N) is 1. The Bertz CT molecular complexity index is 1340. The molecule has 33 heavy (non-hydrogen) atoms. The molecule has 5 heterocycles. The van der Waals surface area contributed by atoms with Crippen LogP contribution in [0, 0.1) is 6.92 Å². The summed E-state index contributed by atoms with van der Waals surface area (Å²) in [6.45, 7) is 2.40. The number of anilines is 2. The van der Waals surface area contributed by atoms with Crippen molar-refractivity contribution >= 4 is 17.5 Å². The van der Waals surface area contributed by atoms with Gasteiger partial charge in [-0.25, -0.2) is 15.0 Å². The summed E-state index contributed by atoms with van der Waals surface area (Å²) in [4.78, 5) is 31.4.